The molecule has 1 aliphatic heterocycles. The van der Waals surface area contributed by atoms with Crippen molar-refractivity contribution in [2.24, 2.45) is 0 Å². The molecule has 1 atom stereocenters. The van der Waals surface area contributed by atoms with Crippen molar-refractivity contribution in [3.05, 3.63) is 71.8 Å². The molecule has 2 fully saturated rings. The van der Waals surface area contributed by atoms with Gasteiger partial charge in [-0.05, 0) is 37.0 Å². The summed E-state index contributed by atoms with van der Waals surface area (Å²) in [5.41, 5.74) is 0.484. The van der Waals surface area contributed by atoms with Crippen LogP contribution in [0.25, 0.3) is 11.1 Å². The molecule has 1 aliphatic carbocycles. The fraction of sp³-hybridized carbons (Fsp3) is 0.393. The SMILES string of the molecule is C=CCCNC(=O)c1ccc(C(=O)N2CCOC(CO)C2)c(C(=O)NCC2(O)CC2)c1-c1ccccc1. The smallest absolute Gasteiger partial charge is 0.254 e. The van der Waals surface area contributed by atoms with E-state index in [0.717, 1.165) is 0 Å². The van der Waals surface area contributed by atoms with Gasteiger partial charge in [0.15, 0.2) is 0 Å². The van der Waals surface area contributed by atoms with Gasteiger partial charge in [-0.1, -0.05) is 36.4 Å². The van der Waals surface area contributed by atoms with Crippen LogP contribution in [0.15, 0.2) is 55.1 Å². The highest BCUT2D eigenvalue weighted by atomic mass is 16.5. The molecule has 0 radical (unpaired) electrons. The Kier molecular flexibility index (Phi) is 8.38. The maximum absolute atomic E-state index is 13.7. The van der Waals surface area contributed by atoms with Gasteiger partial charge in [0, 0.05) is 37.3 Å². The molecule has 2 aliphatic rings. The van der Waals surface area contributed by atoms with Gasteiger partial charge in [-0.3, -0.25) is 14.4 Å². The predicted octanol–water partition coefficient (Wildman–Crippen LogP) is 1.75. The van der Waals surface area contributed by atoms with Crippen molar-refractivity contribution >= 4 is 17.7 Å². The zero-order chi connectivity index (χ0) is 26.4. The standard InChI is InChI=1S/C28H33N3O6/c1-2-3-13-29-25(33)21-9-10-22(27(35)31-14-15-37-20(16-31)17-32)24(23(21)19-7-5-4-6-8-19)26(34)30-18-28(36)11-12-28/h2,4-10,20,32,36H,1,3,11-18H2,(H,29,33)(H,30,34). The highest BCUT2D eigenvalue weighted by Gasteiger charge is 2.41. The summed E-state index contributed by atoms with van der Waals surface area (Å²) in [5, 5.41) is 25.5. The monoisotopic (exact) mass is 507 g/mol. The lowest BCUT2D eigenvalue weighted by Crippen LogP contribution is -2.47. The quantitative estimate of drug-likeness (QED) is 0.287. The summed E-state index contributed by atoms with van der Waals surface area (Å²) in [4.78, 5) is 42.2. The normalized spacial score (nSPS) is 18.1. The van der Waals surface area contributed by atoms with Crippen molar-refractivity contribution < 1.29 is 29.3 Å². The summed E-state index contributed by atoms with van der Waals surface area (Å²) >= 11 is 0. The van der Waals surface area contributed by atoms with E-state index in [1.807, 2.05) is 6.07 Å². The Morgan fingerprint density at radius 3 is 2.49 bits per heavy atom. The minimum absolute atomic E-state index is 0.0492. The van der Waals surface area contributed by atoms with Crippen LogP contribution in [0, 0.1) is 0 Å². The Balaban J connectivity index is 1.81. The Labute approximate surface area is 216 Å². The van der Waals surface area contributed by atoms with Gasteiger partial charge in [0.1, 0.15) is 0 Å². The summed E-state index contributed by atoms with van der Waals surface area (Å²) in [6, 6.07) is 12.1. The predicted molar refractivity (Wildman–Crippen MR) is 138 cm³/mol. The average Bonchev–Trinajstić information content (AvgIpc) is 3.68. The zero-order valence-electron chi connectivity index (χ0n) is 20.7. The lowest BCUT2D eigenvalue weighted by Gasteiger charge is -2.32. The first-order valence-corrected chi connectivity index (χ1v) is 12.5. The summed E-state index contributed by atoms with van der Waals surface area (Å²) in [5.74, 6) is -1.32. The number of amides is 3. The average molecular weight is 508 g/mol. The highest BCUT2D eigenvalue weighted by Crippen LogP contribution is 2.35. The molecular weight excluding hydrogens is 474 g/mol. The fourth-order valence-electron chi connectivity index (χ4n) is 4.33. The van der Waals surface area contributed by atoms with Crippen molar-refractivity contribution in [2.45, 2.75) is 31.0 Å². The number of ether oxygens (including phenoxy) is 1. The van der Waals surface area contributed by atoms with E-state index < -0.39 is 23.5 Å². The van der Waals surface area contributed by atoms with Crippen LogP contribution in [0.2, 0.25) is 0 Å². The fourth-order valence-corrected chi connectivity index (χ4v) is 4.33. The molecule has 37 heavy (non-hydrogen) atoms. The number of nitrogens with one attached hydrogen (secondary N) is 2. The minimum atomic E-state index is -0.940. The Morgan fingerprint density at radius 1 is 1.08 bits per heavy atom. The number of hydrogen-bond donors (Lipinski definition) is 4. The number of aliphatic hydroxyl groups is 2. The van der Waals surface area contributed by atoms with Gasteiger partial charge in [0.05, 0.1) is 36.0 Å². The number of hydrogen-bond acceptors (Lipinski definition) is 6. The third-order valence-corrected chi connectivity index (χ3v) is 6.64. The van der Waals surface area contributed by atoms with Gasteiger partial charge in [-0.25, -0.2) is 0 Å². The van der Waals surface area contributed by atoms with Crippen LogP contribution in [0.3, 0.4) is 0 Å². The van der Waals surface area contributed by atoms with Crippen LogP contribution in [0.4, 0.5) is 0 Å². The number of rotatable bonds is 10. The van der Waals surface area contributed by atoms with Gasteiger partial charge in [-0.15, -0.1) is 6.58 Å². The van der Waals surface area contributed by atoms with Crippen molar-refractivity contribution in [1.29, 1.82) is 0 Å². The van der Waals surface area contributed by atoms with E-state index in [0.29, 0.717) is 43.5 Å². The molecule has 2 aromatic rings. The maximum atomic E-state index is 13.7. The van der Waals surface area contributed by atoms with Gasteiger partial charge >= 0.3 is 0 Å². The molecule has 1 saturated heterocycles. The van der Waals surface area contributed by atoms with E-state index in [-0.39, 0.29) is 48.9 Å². The maximum Gasteiger partial charge on any atom is 0.254 e. The Morgan fingerprint density at radius 2 is 1.81 bits per heavy atom. The first kappa shape index (κ1) is 26.5. The largest absolute Gasteiger partial charge is 0.394 e. The summed E-state index contributed by atoms with van der Waals surface area (Å²) in [6.07, 6.45) is 2.95. The molecule has 2 aromatic carbocycles. The number of nitrogens with zero attached hydrogens (tertiary/aromatic N) is 1. The molecule has 4 N–H and O–H groups in total. The third-order valence-electron chi connectivity index (χ3n) is 6.64. The van der Waals surface area contributed by atoms with E-state index in [1.165, 1.54) is 6.07 Å². The second-order valence-corrected chi connectivity index (χ2v) is 9.44. The molecule has 196 valence electrons. The molecule has 9 heteroatoms. The molecule has 3 amide bonds. The molecular formula is C28H33N3O6. The molecule has 9 nitrogen and oxygen atoms in total. The van der Waals surface area contributed by atoms with Crippen LogP contribution < -0.4 is 10.6 Å². The number of carbonyl (C=O) groups is 3. The van der Waals surface area contributed by atoms with Crippen LogP contribution >= 0.6 is 0 Å². The van der Waals surface area contributed by atoms with Crippen LogP contribution in [-0.2, 0) is 4.74 Å². The second-order valence-electron chi connectivity index (χ2n) is 9.44. The highest BCUT2D eigenvalue weighted by molar-refractivity contribution is 6.15. The Hall–Kier alpha value is -3.53. The number of carbonyl (C=O) groups excluding carboxylic acids is 3. The Bertz CT molecular complexity index is 1160. The first-order valence-electron chi connectivity index (χ1n) is 12.5. The number of morpholine rings is 1. The van der Waals surface area contributed by atoms with E-state index in [2.05, 4.69) is 17.2 Å². The number of benzene rings is 2. The zero-order valence-corrected chi connectivity index (χ0v) is 20.7. The van der Waals surface area contributed by atoms with E-state index in [4.69, 9.17) is 4.74 Å². The van der Waals surface area contributed by atoms with Crippen molar-refractivity contribution in [3.8, 4) is 11.1 Å². The lowest BCUT2D eigenvalue weighted by molar-refractivity contribution is -0.0447. The molecule has 1 saturated carbocycles. The van der Waals surface area contributed by atoms with Gasteiger partial charge in [0.25, 0.3) is 17.7 Å². The topological polar surface area (TPSA) is 128 Å². The summed E-state index contributed by atoms with van der Waals surface area (Å²) in [6.45, 7) is 4.62. The van der Waals surface area contributed by atoms with Crippen molar-refractivity contribution in [3.63, 3.8) is 0 Å². The minimum Gasteiger partial charge on any atom is -0.394 e. The second kappa shape index (κ2) is 11.7. The van der Waals surface area contributed by atoms with Crippen LogP contribution in [0.1, 0.15) is 50.3 Å². The van der Waals surface area contributed by atoms with E-state index >= 15 is 0 Å². The molecule has 4 rings (SSSR count). The van der Waals surface area contributed by atoms with Gasteiger partial charge < -0.3 is 30.5 Å². The molecule has 0 aromatic heterocycles. The summed E-state index contributed by atoms with van der Waals surface area (Å²) in [7, 11) is 0. The van der Waals surface area contributed by atoms with Crippen molar-refractivity contribution in [1.82, 2.24) is 15.5 Å². The third kappa shape index (κ3) is 6.25. The lowest BCUT2D eigenvalue weighted by atomic mass is 9.89. The number of aliphatic hydroxyl groups excluding tert-OH is 1. The first-order chi connectivity index (χ1) is 17.9. The van der Waals surface area contributed by atoms with Gasteiger partial charge in [-0.2, -0.15) is 0 Å². The summed E-state index contributed by atoms with van der Waals surface area (Å²) < 4.78 is 5.48. The van der Waals surface area contributed by atoms with E-state index in [1.54, 1.807) is 41.3 Å². The molecule has 1 heterocycles. The van der Waals surface area contributed by atoms with Crippen molar-refractivity contribution in [2.75, 3.05) is 39.4 Å². The molecule has 1 unspecified atom stereocenters. The van der Waals surface area contributed by atoms with Gasteiger partial charge in [0.2, 0.25) is 0 Å². The van der Waals surface area contributed by atoms with E-state index in [9.17, 15) is 24.6 Å². The van der Waals surface area contributed by atoms with Crippen LogP contribution in [-0.4, -0.2) is 83.9 Å². The molecule has 0 bridgehead atoms. The van der Waals surface area contributed by atoms with Crippen LogP contribution in [0.5, 0.6) is 0 Å². The molecule has 0 spiro atoms.